The topological polar surface area (TPSA) is 60.1 Å². The average molecular weight is 444 g/mol. The summed E-state index contributed by atoms with van der Waals surface area (Å²) in [5.41, 5.74) is 5.66. The Labute approximate surface area is 192 Å². The largest absolute Gasteiger partial charge is 0.497 e. The van der Waals surface area contributed by atoms with Crippen LogP contribution in [0.15, 0.2) is 79.3 Å². The molecule has 0 radical (unpaired) electrons. The van der Waals surface area contributed by atoms with Gasteiger partial charge in [0.2, 0.25) is 0 Å². The maximum atomic E-state index is 9.35. The summed E-state index contributed by atoms with van der Waals surface area (Å²) in [6.07, 6.45) is 3.62. The van der Waals surface area contributed by atoms with Crippen molar-refractivity contribution in [3.05, 3.63) is 107 Å². The predicted octanol–water partition coefficient (Wildman–Crippen LogP) is 5.85. The van der Waals surface area contributed by atoms with E-state index in [4.69, 9.17) is 21.1 Å². The molecule has 0 unspecified atom stereocenters. The molecule has 0 amide bonds. The van der Waals surface area contributed by atoms with Gasteiger partial charge in [-0.15, -0.1) is 0 Å². The highest BCUT2D eigenvalue weighted by molar-refractivity contribution is 6.30. The highest BCUT2D eigenvalue weighted by atomic mass is 35.5. The molecule has 1 aromatic heterocycles. The van der Waals surface area contributed by atoms with Gasteiger partial charge in [0.25, 0.3) is 0 Å². The summed E-state index contributed by atoms with van der Waals surface area (Å²) in [7, 11) is 1.64. The van der Waals surface area contributed by atoms with Gasteiger partial charge in [-0.2, -0.15) is 5.26 Å². The minimum atomic E-state index is 0.407. The van der Waals surface area contributed by atoms with E-state index in [-0.39, 0.29) is 0 Å². The van der Waals surface area contributed by atoms with Gasteiger partial charge in [0.05, 0.1) is 50.2 Å². The molecule has 0 spiro atoms. The first-order valence-corrected chi connectivity index (χ1v) is 10.5. The Bertz CT molecular complexity index is 1240. The monoisotopic (exact) mass is 443 g/mol. The second-order valence-corrected chi connectivity index (χ2v) is 7.78. The first-order chi connectivity index (χ1) is 15.7. The molecule has 160 valence electrons. The second kappa shape index (κ2) is 10.1. The van der Waals surface area contributed by atoms with Gasteiger partial charge in [0.15, 0.2) is 0 Å². The van der Waals surface area contributed by atoms with Crippen molar-refractivity contribution in [1.29, 1.82) is 5.26 Å². The van der Waals surface area contributed by atoms with Gasteiger partial charge in [-0.3, -0.25) is 0 Å². The SMILES string of the molecule is COc1cccc(-c2cc(C#N)ccc2COCc2cncn2Cc2ccc(Cl)cc2)c1. The smallest absolute Gasteiger partial charge is 0.119 e. The van der Waals surface area contributed by atoms with Crippen molar-refractivity contribution in [2.24, 2.45) is 0 Å². The van der Waals surface area contributed by atoms with Crippen molar-refractivity contribution in [2.45, 2.75) is 19.8 Å². The third-order valence-corrected chi connectivity index (χ3v) is 5.44. The minimum absolute atomic E-state index is 0.407. The van der Waals surface area contributed by atoms with Crippen LogP contribution < -0.4 is 4.74 Å². The average Bonchev–Trinajstić information content (AvgIpc) is 3.27. The quantitative estimate of drug-likeness (QED) is 0.342. The number of methoxy groups -OCH3 is 1. The van der Waals surface area contributed by atoms with E-state index in [1.807, 2.05) is 72.9 Å². The number of rotatable bonds is 8. The van der Waals surface area contributed by atoms with Crippen molar-refractivity contribution < 1.29 is 9.47 Å². The van der Waals surface area contributed by atoms with Crippen LogP contribution in [-0.4, -0.2) is 16.7 Å². The van der Waals surface area contributed by atoms with Crippen LogP contribution >= 0.6 is 11.6 Å². The molecule has 0 aliphatic heterocycles. The maximum absolute atomic E-state index is 9.35. The van der Waals surface area contributed by atoms with E-state index in [9.17, 15) is 5.26 Å². The third kappa shape index (κ3) is 5.17. The lowest BCUT2D eigenvalue weighted by atomic mass is 9.97. The second-order valence-electron chi connectivity index (χ2n) is 7.35. The molecule has 5 nitrogen and oxygen atoms in total. The van der Waals surface area contributed by atoms with Crippen LogP contribution in [0.3, 0.4) is 0 Å². The Morgan fingerprint density at radius 1 is 1.03 bits per heavy atom. The molecule has 4 rings (SSSR count). The summed E-state index contributed by atoms with van der Waals surface area (Å²) in [5.74, 6) is 0.767. The lowest BCUT2D eigenvalue weighted by Crippen LogP contribution is -2.05. The molecule has 32 heavy (non-hydrogen) atoms. The summed E-state index contributed by atoms with van der Waals surface area (Å²) in [6, 6.07) is 23.4. The van der Waals surface area contributed by atoms with Crippen LogP contribution in [-0.2, 0) is 24.5 Å². The zero-order valence-corrected chi connectivity index (χ0v) is 18.4. The first-order valence-electron chi connectivity index (χ1n) is 10.1. The van der Waals surface area contributed by atoms with E-state index in [1.165, 1.54) is 0 Å². The standard InChI is InChI=1S/C26H22ClN3O2/c1-31-25-4-2-3-21(12-25)26-11-20(13-28)5-8-22(26)16-32-17-24-14-29-18-30(24)15-19-6-9-23(27)10-7-19/h2-12,14,18H,15-17H2,1H3. The molecule has 3 aromatic carbocycles. The molecule has 6 heteroatoms. The summed E-state index contributed by atoms with van der Waals surface area (Å²) in [4.78, 5) is 4.28. The van der Waals surface area contributed by atoms with Crippen LogP contribution in [0.1, 0.15) is 22.4 Å². The van der Waals surface area contributed by atoms with E-state index >= 15 is 0 Å². The molecule has 0 atom stereocenters. The molecular formula is C26H22ClN3O2. The van der Waals surface area contributed by atoms with E-state index < -0.39 is 0 Å². The van der Waals surface area contributed by atoms with Gasteiger partial charge >= 0.3 is 0 Å². The highest BCUT2D eigenvalue weighted by Gasteiger charge is 2.10. The maximum Gasteiger partial charge on any atom is 0.119 e. The number of imidazole rings is 1. The first kappa shape index (κ1) is 21.6. The fourth-order valence-electron chi connectivity index (χ4n) is 3.49. The predicted molar refractivity (Wildman–Crippen MR) is 124 cm³/mol. The Hall–Kier alpha value is -3.59. The molecular weight excluding hydrogens is 422 g/mol. The Morgan fingerprint density at radius 3 is 2.66 bits per heavy atom. The Balaban J connectivity index is 1.49. The van der Waals surface area contributed by atoms with Gasteiger partial charge in [0, 0.05) is 11.6 Å². The van der Waals surface area contributed by atoms with Crippen molar-refractivity contribution >= 4 is 11.6 Å². The number of nitriles is 1. The molecule has 0 bridgehead atoms. The normalized spacial score (nSPS) is 10.7. The minimum Gasteiger partial charge on any atom is -0.497 e. The molecule has 0 saturated carbocycles. The number of hydrogen-bond donors (Lipinski definition) is 0. The molecule has 0 saturated heterocycles. The van der Waals surface area contributed by atoms with Gasteiger partial charge in [-0.1, -0.05) is 41.9 Å². The van der Waals surface area contributed by atoms with Gasteiger partial charge < -0.3 is 14.0 Å². The summed E-state index contributed by atoms with van der Waals surface area (Å²) < 4.78 is 13.5. The Kier molecular flexibility index (Phi) is 6.86. The van der Waals surface area contributed by atoms with Crippen LogP contribution in [0.4, 0.5) is 0 Å². The zero-order chi connectivity index (χ0) is 22.3. The van der Waals surface area contributed by atoms with Crippen molar-refractivity contribution in [2.75, 3.05) is 7.11 Å². The van der Waals surface area contributed by atoms with E-state index in [0.29, 0.717) is 25.3 Å². The highest BCUT2D eigenvalue weighted by Crippen LogP contribution is 2.29. The van der Waals surface area contributed by atoms with E-state index in [1.54, 1.807) is 13.4 Å². The van der Waals surface area contributed by atoms with Crippen molar-refractivity contribution in [3.63, 3.8) is 0 Å². The number of halogens is 1. The lowest BCUT2D eigenvalue weighted by Gasteiger charge is -2.13. The number of aromatic nitrogens is 2. The molecule has 0 N–H and O–H groups in total. The third-order valence-electron chi connectivity index (χ3n) is 5.19. The lowest BCUT2D eigenvalue weighted by molar-refractivity contribution is 0.103. The zero-order valence-electron chi connectivity index (χ0n) is 17.7. The van der Waals surface area contributed by atoms with Gasteiger partial charge in [-0.05, 0) is 58.7 Å². The molecule has 1 heterocycles. The van der Waals surface area contributed by atoms with Crippen LogP contribution in [0.25, 0.3) is 11.1 Å². The summed E-state index contributed by atoms with van der Waals surface area (Å²) in [5, 5.41) is 10.1. The van der Waals surface area contributed by atoms with Crippen LogP contribution in [0, 0.1) is 11.3 Å². The van der Waals surface area contributed by atoms with Gasteiger partial charge in [0.1, 0.15) is 5.75 Å². The fourth-order valence-corrected chi connectivity index (χ4v) is 3.62. The number of benzene rings is 3. The number of hydrogen-bond acceptors (Lipinski definition) is 4. The van der Waals surface area contributed by atoms with Crippen LogP contribution in [0.5, 0.6) is 5.75 Å². The molecule has 0 fully saturated rings. The van der Waals surface area contributed by atoms with E-state index in [0.717, 1.165) is 38.7 Å². The van der Waals surface area contributed by atoms with E-state index in [2.05, 4.69) is 15.6 Å². The number of ether oxygens (including phenoxy) is 2. The fraction of sp³-hybridized carbons (Fsp3) is 0.154. The summed E-state index contributed by atoms with van der Waals surface area (Å²) >= 11 is 5.98. The van der Waals surface area contributed by atoms with Crippen LogP contribution in [0.2, 0.25) is 5.02 Å². The molecule has 0 aliphatic carbocycles. The number of nitrogens with zero attached hydrogens (tertiary/aromatic N) is 3. The van der Waals surface area contributed by atoms with Crippen molar-refractivity contribution in [1.82, 2.24) is 9.55 Å². The van der Waals surface area contributed by atoms with Gasteiger partial charge in [-0.25, -0.2) is 4.98 Å². The van der Waals surface area contributed by atoms with Crippen molar-refractivity contribution in [3.8, 4) is 22.9 Å². The summed E-state index contributed by atoms with van der Waals surface area (Å²) in [6.45, 7) is 1.53. The molecule has 4 aromatic rings. The molecule has 0 aliphatic rings. The Morgan fingerprint density at radius 2 is 1.88 bits per heavy atom.